The second kappa shape index (κ2) is 4.13. The van der Waals surface area contributed by atoms with Crippen LogP contribution < -0.4 is 5.32 Å². The monoisotopic (exact) mass is 232 g/mol. The number of carbonyl (C=O) groups excluding carboxylic acids is 1. The summed E-state index contributed by atoms with van der Waals surface area (Å²) in [6.07, 6.45) is 1.14. The van der Waals surface area contributed by atoms with Crippen LogP contribution in [-0.4, -0.2) is 30.0 Å². The molecule has 1 saturated heterocycles. The topological polar surface area (TPSA) is 41.6 Å². The third-order valence-electron chi connectivity index (χ3n) is 3.39. The third kappa shape index (κ3) is 1.83. The maximum absolute atomic E-state index is 11.8. The Kier molecular flexibility index (Phi) is 2.61. The summed E-state index contributed by atoms with van der Waals surface area (Å²) in [6, 6.07) is 7.87. The van der Waals surface area contributed by atoms with Gasteiger partial charge in [0.15, 0.2) is 0 Å². The zero-order valence-electron chi connectivity index (χ0n) is 9.85. The minimum atomic E-state index is -0.0740. The van der Waals surface area contributed by atoms with Crippen molar-refractivity contribution in [2.24, 2.45) is 0 Å². The van der Waals surface area contributed by atoms with Crippen molar-refractivity contribution in [1.82, 2.24) is 4.90 Å². The summed E-state index contributed by atoms with van der Waals surface area (Å²) in [6.45, 7) is 3.36. The lowest BCUT2D eigenvalue weighted by molar-refractivity contribution is -0.118. The Bertz CT molecular complexity index is 447. The molecule has 1 aromatic carbocycles. The van der Waals surface area contributed by atoms with Gasteiger partial charge in [0.25, 0.3) is 0 Å². The number of ether oxygens (including phenoxy) is 1. The second-order valence-corrected chi connectivity index (χ2v) is 4.58. The number of nitrogens with zero attached hydrogens (tertiary/aromatic N) is 1. The van der Waals surface area contributed by atoms with E-state index in [1.807, 2.05) is 24.3 Å². The van der Waals surface area contributed by atoms with Crippen LogP contribution in [0.2, 0.25) is 0 Å². The SMILES string of the molecule is CC[C@H]1CN2CC(=O)Nc3ccccc3[C@@H]2O1. The van der Waals surface area contributed by atoms with E-state index in [1.165, 1.54) is 0 Å². The van der Waals surface area contributed by atoms with Gasteiger partial charge in [0, 0.05) is 17.8 Å². The summed E-state index contributed by atoms with van der Waals surface area (Å²) in [7, 11) is 0. The molecule has 2 aliphatic rings. The molecule has 1 N–H and O–H groups in total. The van der Waals surface area contributed by atoms with Gasteiger partial charge in [-0.25, -0.2) is 0 Å². The number of nitrogens with one attached hydrogen (secondary N) is 1. The highest BCUT2D eigenvalue weighted by Gasteiger charge is 2.37. The molecule has 3 rings (SSSR count). The van der Waals surface area contributed by atoms with E-state index in [4.69, 9.17) is 4.74 Å². The molecule has 0 unspecified atom stereocenters. The van der Waals surface area contributed by atoms with E-state index in [9.17, 15) is 4.79 Å². The van der Waals surface area contributed by atoms with Gasteiger partial charge in [-0.2, -0.15) is 0 Å². The maximum atomic E-state index is 11.8. The van der Waals surface area contributed by atoms with Crippen LogP contribution in [0.3, 0.4) is 0 Å². The quantitative estimate of drug-likeness (QED) is 0.802. The average Bonchev–Trinajstić information content (AvgIpc) is 2.67. The normalized spacial score (nSPS) is 28.2. The Morgan fingerprint density at radius 2 is 2.29 bits per heavy atom. The number of hydrogen-bond acceptors (Lipinski definition) is 3. The Labute approximate surface area is 101 Å². The number of benzene rings is 1. The Balaban J connectivity index is 2.00. The molecule has 2 heterocycles. The standard InChI is InChI=1S/C13H16N2O2/c1-2-9-7-15-8-12(16)14-11-6-4-3-5-10(11)13(15)17-9/h3-6,9,13H,2,7-8H2,1H3,(H,14,16)/t9-,13-/m0/s1. The summed E-state index contributed by atoms with van der Waals surface area (Å²) in [4.78, 5) is 13.9. The van der Waals surface area contributed by atoms with Gasteiger partial charge in [-0.3, -0.25) is 9.69 Å². The molecule has 1 amide bonds. The smallest absolute Gasteiger partial charge is 0.238 e. The van der Waals surface area contributed by atoms with Crippen LogP contribution in [0.1, 0.15) is 25.1 Å². The van der Waals surface area contributed by atoms with Crippen LogP contribution in [0.5, 0.6) is 0 Å². The number of para-hydroxylation sites is 1. The fourth-order valence-corrected chi connectivity index (χ4v) is 2.51. The molecule has 2 atom stereocenters. The van der Waals surface area contributed by atoms with E-state index in [-0.39, 0.29) is 18.2 Å². The van der Waals surface area contributed by atoms with Crippen molar-refractivity contribution in [3.63, 3.8) is 0 Å². The van der Waals surface area contributed by atoms with E-state index in [0.29, 0.717) is 6.54 Å². The highest BCUT2D eigenvalue weighted by Crippen LogP contribution is 2.36. The zero-order chi connectivity index (χ0) is 11.8. The second-order valence-electron chi connectivity index (χ2n) is 4.58. The summed E-state index contributed by atoms with van der Waals surface area (Å²) in [5, 5.41) is 2.92. The zero-order valence-corrected chi connectivity index (χ0v) is 9.85. The number of amides is 1. The van der Waals surface area contributed by atoms with Gasteiger partial charge in [0.1, 0.15) is 6.23 Å². The highest BCUT2D eigenvalue weighted by atomic mass is 16.5. The van der Waals surface area contributed by atoms with E-state index in [0.717, 1.165) is 24.2 Å². The molecule has 0 bridgehead atoms. The lowest BCUT2D eigenvalue weighted by Gasteiger charge is -2.19. The van der Waals surface area contributed by atoms with Gasteiger partial charge in [0.2, 0.25) is 5.91 Å². The molecule has 2 aliphatic heterocycles. The van der Waals surface area contributed by atoms with Crippen molar-refractivity contribution in [2.45, 2.75) is 25.7 Å². The number of carbonyl (C=O) groups is 1. The van der Waals surface area contributed by atoms with E-state index in [2.05, 4.69) is 17.1 Å². The van der Waals surface area contributed by atoms with Crippen LogP contribution >= 0.6 is 0 Å². The molecular formula is C13H16N2O2. The maximum Gasteiger partial charge on any atom is 0.238 e. The summed E-state index contributed by atoms with van der Waals surface area (Å²) in [5.41, 5.74) is 1.94. The fraction of sp³-hybridized carbons (Fsp3) is 0.462. The molecule has 0 radical (unpaired) electrons. The molecule has 0 aliphatic carbocycles. The van der Waals surface area contributed by atoms with Gasteiger partial charge < -0.3 is 10.1 Å². The first kappa shape index (κ1) is 10.7. The molecular weight excluding hydrogens is 216 g/mol. The van der Waals surface area contributed by atoms with Crippen LogP contribution in [0.4, 0.5) is 5.69 Å². The first-order chi connectivity index (χ1) is 8.28. The summed E-state index contributed by atoms with van der Waals surface area (Å²) in [5.74, 6) is 0.0419. The minimum absolute atomic E-state index is 0.0419. The van der Waals surface area contributed by atoms with Crippen LogP contribution in [0, 0.1) is 0 Å². The van der Waals surface area contributed by atoms with Crippen molar-refractivity contribution in [1.29, 1.82) is 0 Å². The first-order valence-electron chi connectivity index (χ1n) is 6.06. The predicted octanol–water partition coefficient (Wildman–Crippen LogP) is 1.75. The Morgan fingerprint density at radius 1 is 1.47 bits per heavy atom. The number of hydrogen-bond donors (Lipinski definition) is 1. The van der Waals surface area contributed by atoms with Crippen LogP contribution in [0.15, 0.2) is 24.3 Å². The van der Waals surface area contributed by atoms with Crippen LogP contribution in [-0.2, 0) is 9.53 Å². The van der Waals surface area contributed by atoms with Gasteiger partial charge in [-0.15, -0.1) is 0 Å². The highest BCUT2D eigenvalue weighted by molar-refractivity contribution is 5.93. The number of anilines is 1. The predicted molar refractivity (Wildman–Crippen MR) is 64.5 cm³/mol. The van der Waals surface area contributed by atoms with Crippen molar-refractivity contribution >= 4 is 11.6 Å². The fourth-order valence-electron chi connectivity index (χ4n) is 2.51. The molecule has 4 heteroatoms. The van der Waals surface area contributed by atoms with Crippen molar-refractivity contribution in [2.75, 3.05) is 18.4 Å². The first-order valence-corrected chi connectivity index (χ1v) is 6.06. The number of fused-ring (bicyclic) bond motifs is 3. The van der Waals surface area contributed by atoms with Crippen molar-refractivity contribution < 1.29 is 9.53 Å². The largest absolute Gasteiger partial charge is 0.354 e. The van der Waals surface area contributed by atoms with Crippen molar-refractivity contribution in [3.05, 3.63) is 29.8 Å². The molecule has 1 aromatic rings. The van der Waals surface area contributed by atoms with Gasteiger partial charge >= 0.3 is 0 Å². The Hall–Kier alpha value is -1.39. The van der Waals surface area contributed by atoms with E-state index in [1.54, 1.807) is 0 Å². The molecule has 0 spiro atoms. The molecule has 4 nitrogen and oxygen atoms in total. The van der Waals surface area contributed by atoms with E-state index < -0.39 is 0 Å². The van der Waals surface area contributed by atoms with E-state index >= 15 is 0 Å². The molecule has 1 fully saturated rings. The third-order valence-corrected chi connectivity index (χ3v) is 3.39. The number of rotatable bonds is 1. The molecule has 90 valence electrons. The van der Waals surface area contributed by atoms with Gasteiger partial charge in [-0.1, -0.05) is 25.1 Å². The van der Waals surface area contributed by atoms with Crippen molar-refractivity contribution in [3.8, 4) is 0 Å². The lowest BCUT2D eigenvalue weighted by atomic mass is 10.1. The molecule has 0 aromatic heterocycles. The summed E-state index contributed by atoms with van der Waals surface area (Å²) < 4.78 is 6.00. The average molecular weight is 232 g/mol. The summed E-state index contributed by atoms with van der Waals surface area (Å²) >= 11 is 0. The van der Waals surface area contributed by atoms with Gasteiger partial charge in [-0.05, 0) is 12.5 Å². The minimum Gasteiger partial charge on any atom is -0.354 e. The molecule has 17 heavy (non-hydrogen) atoms. The van der Waals surface area contributed by atoms with Gasteiger partial charge in [0.05, 0.1) is 12.6 Å². The van der Waals surface area contributed by atoms with Crippen LogP contribution in [0.25, 0.3) is 0 Å². The Morgan fingerprint density at radius 3 is 3.12 bits per heavy atom. The lowest BCUT2D eigenvalue weighted by Crippen LogP contribution is -2.30. The molecule has 0 saturated carbocycles.